The molecule has 0 radical (unpaired) electrons. The molecule has 1 aliphatic carbocycles. The van der Waals surface area contributed by atoms with E-state index in [1.165, 1.54) is 31.4 Å². The molecule has 2 rings (SSSR count). The largest absolute Gasteiger partial charge is 0.380 e. The van der Waals surface area contributed by atoms with E-state index in [9.17, 15) is 8.78 Å². The molecule has 0 unspecified atom stereocenters. The first-order valence-corrected chi connectivity index (χ1v) is 6.82. The van der Waals surface area contributed by atoms with E-state index in [2.05, 4.69) is 12.2 Å². The molecule has 1 aliphatic rings. The normalized spacial score (nSPS) is 24.0. The highest BCUT2D eigenvalue weighted by Crippen LogP contribution is 2.29. The fraction of sp³-hybridized carbons (Fsp3) is 0.600. The molecule has 1 fully saturated rings. The van der Waals surface area contributed by atoms with Crippen LogP contribution in [0.15, 0.2) is 12.1 Å². The summed E-state index contributed by atoms with van der Waals surface area (Å²) in [4.78, 5) is 0. The number of aryl methyl sites for hydroxylation is 1. The van der Waals surface area contributed by atoms with E-state index in [0.717, 1.165) is 18.8 Å². The van der Waals surface area contributed by atoms with Gasteiger partial charge in [0, 0.05) is 12.1 Å². The van der Waals surface area contributed by atoms with Crippen LogP contribution in [0.1, 0.15) is 44.6 Å². The van der Waals surface area contributed by atoms with Crippen LogP contribution in [0.5, 0.6) is 0 Å². The molecule has 1 aromatic rings. The van der Waals surface area contributed by atoms with Gasteiger partial charge in [-0.25, -0.2) is 8.78 Å². The molecule has 1 aromatic carbocycles. The van der Waals surface area contributed by atoms with Crippen LogP contribution < -0.4 is 5.32 Å². The number of hydrogen-bond acceptors (Lipinski definition) is 1. The first-order valence-electron chi connectivity index (χ1n) is 6.82. The van der Waals surface area contributed by atoms with E-state index >= 15 is 0 Å². The van der Waals surface area contributed by atoms with Crippen molar-refractivity contribution in [3.8, 4) is 0 Å². The molecule has 3 heteroatoms. The summed E-state index contributed by atoms with van der Waals surface area (Å²) in [7, 11) is 0. The lowest BCUT2D eigenvalue weighted by Crippen LogP contribution is -2.26. The van der Waals surface area contributed by atoms with Crippen LogP contribution in [-0.2, 0) is 0 Å². The van der Waals surface area contributed by atoms with Gasteiger partial charge in [0.25, 0.3) is 0 Å². The van der Waals surface area contributed by atoms with E-state index in [1.807, 2.05) is 0 Å². The van der Waals surface area contributed by atoms with Gasteiger partial charge in [0.15, 0.2) is 0 Å². The Morgan fingerprint density at radius 2 is 1.78 bits per heavy atom. The Kier molecular flexibility index (Phi) is 4.20. The number of nitrogens with one attached hydrogen (secondary N) is 1. The summed E-state index contributed by atoms with van der Waals surface area (Å²) in [5.41, 5.74) is 0.658. The average molecular weight is 253 g/mol. The fourth-order valence-corrected chi connectivity index (χ4v) is 2.69. The van der Waals surface area contributed by atoms with Crippen molar-refractivity contribution in [2.75, 3.05) is 5.32 Å². The number of rotatable bonds is 3. The highest BCUT2D eigenvalue weighted by atomic mass is 19.1. The van der Waals surface area contributed by atoms with Crippen LogP contribution in [0, 0.1) is 24.5 Å². The third-order valence-corrected chi connectivity index (χ3v) is 4.03. The monoisotopic (exact) mass is 253 g/mol. The molecule has 0 spiro atoms. The smallest absolute Gasteiger partial charge is 0.146 e. The van der Waals surface area contributed by atoms with Crippen molar-refractivity contribution >= 4 is 5.69 Å². The number of benzene rings is 1. The minimum Gasteiger partial charge on any atom is -0.380 e. The number of hydrogen-bond donors (Lipinski definition) is 1. The van der Waals surface area contributed by atoms with Gasteiger partial charge in [0.2, 0.25) is 0 Å². The standard InChI is InChI=1S/C15H21F2N/c1-3-11-4-6-12(7-5-11)18-15-9-13(16)10(2)8-14(15)17/h8-9,11-12,18H,3-7H2,1-2H3. The highest BCUT2D eigenvalue weighted by Gasteiger charge is 2.20. The van der Waals surface area contributed by atoms with E-state index < -0.39 is 0 Å². The Bertz CT molecular complexity index is 409. The molecule has 0 aromatic heterocycles. The summed E-state index contributed by atoms with van der Waals surface area (Å²) in [5.74, 6) is 0.107. The van der Waals surface area contributed by atoms with Crippen LogP contribution in [0.2, 0.25) is 0 Å². The third-order valence-electron chi connectivity index (χ3n) is 4.03. The molecule has 0 atom stereocenters. The van der Waals surface area contributed by atoms with Crippen molar-refractivity contribution in [2.24, 2.45) is 5.92 Å². The van der Waals surface area contributed by atoms with Gasteiger partial charge in [-0.1, -0.05) is 13.3 Å². The summed E-state index contributed by atoms with van der Waals surface area (Å²) in [6, 6.07) is 2.82. The molecule has 0 amide bonds. The zero-order chi connectivity index (χ0) is 13.1. The van der Waals surface area contributed by atoms with Crippen LogP contribution in [0.25, 0.3) is 0 Å². The molecule has 0 saturated heterocycles. The Morgan fingerprint density at radius 1 is 1.11 bits per heavy atom. The second-order valence-corrected chi connectivity index (χ2v) is 5.35. The lowest BCUT2D eigenvalue weighted by Gasteiger charge is -2.29. The molecule has 18 heavy (non-hydrogen) atoms. The Morgan fingerprint density at radius 3 is 2.39 bits per heavy atom. The maximum atomic E-state index is 13.7. The first-order chi connectivity index (χ1) is 8.60. The fourth-order valence-electron chi connectivity index (χ4n) is 2.69. The van der Waals surface area contributed by atoms with Gasteiger partial charge >= 0.3 is 0 Å². The zero-order valence-corrected chi connectivity index (χ0v) is 11.1. The van der Waals surface area contributed by atoms with E-state index in [0.29, 0.717) is 11.3 Å². The quantitative estimate of drug-likeness (QED) is 0.826. The lowest BCUT2D eigenvalue weighted by molar-refractivity contribution is 0.329. The predicted molar refractivity (Wildman–Crippen MR) is 70.8 cm³/mol. The van der Waals surface area contributed by atoms with Crippen molar-refractivity contribution in [1.29, 1.82) is 0 Å². The first kappa shape index (κ1) is 13.3. The zero-order valence-electron chi connectivity index (χ0n) is 11.1. The minimum absolute atomic E-state index is 0.282. The van der Waals surface area contributed by atoms with Crippen LogP contribution in [0.4, 0.5) is 14.5 Å². The van der Waals surface area contributed by atoms with E-state index in [1.54, 1.807) is 6.92 Å². The van der Waals surface area contributed by atoms with E-state index in [-0.39, 0.29) is 17.7 Å². The van der Waals surface area contributed by atoms with Crippen molar-refractivity contribution in [2.45, 2.75) is 52.0 Å². The van der Waals surface area contributed by atoms with Gasteiger partial charge in [-0.2, -0.15) is 0 Å². The molecule has 0 bridgehead atoms. The summed E-state index contributed by atoms with van der Waals surface area (Å²) in [6.45, 7) is 3.79. The third kappa shape index (κ3) is 3.01. The molecular formula is C15H21F2N. The van der Waals surface area contributed by atoms with Crippen molar-refractivity contribution < 1.29 is 8.78 Å². The molecule has 1 N–H and O–H groups in total. The number of anilines is 1. The molecule has 1 saturated carbocycles. The Hall–Kier alpha value is -1.12. The van der Waals surface area contributed by atoms with Gasteiger partial charge in [-0.3, -0.25) is 0 Å². The molecule has 100 valence electrons. The second kappa shape index (κ2) is 5.68. The molecule has 1 nitrogen and oxygen atoms in total. The summed E-state index contributed by atoms with van der Waals surface area (Å²) in [5, 5.41) is 3.15. The van der Waals surface area contributed by atoms with E-state index in [4.69, 9.17) is 0 Å². The molecule has 0 heterocycles. The average Bonchev–Trinajstić information content (AvgIpc) is 2.37. The van der Waals surface area contributed by atoms with Crippen molar-refractivity contribution in [3.05, 3.63) is 29.3 Å². The van der Waals surface area contributed by atoms with Crippen molar-refractivity contribution in [3.63, 3.8) is 0 Å². The predicted octanol–water partition coefficient (Wildman–Crippen LogP) is 4.65. The topological polar surface area (TPSA) is 12.0 Å². The van der Waals surface area contributed by atoms with Gasteiger partial charge in [-0.15, -0.1) is 0 Å². The highest BCUT2D eigenvalue weighted by molar-refractivity contribution is 5.47. The summed E-state index contributed by atoms with van der Waals surface area (Å²) in [6.07, 6.45) is 5.69. The summed E-state index contributed by atoms with van der Waals surface area (Å²) < 4.78 is 27.1. The molecule has 0 aliphatic heterocycles. The SMILES string of the molecule is CCC1CCC(Nc2cc(F)c(C)cc2F)CC1. The maximum Gasteiger partial charge on any atom is 0.146 e. The lowest BCUT2D eigenvalue weighted by atomic mass is 9.84. The minimum atomic E-state index is -0.355. The van der Waals surface area contributed by atoms with Crippen molar-refractivity contribution in [1.82, 2.24) is 0 Å². The Balaban J connectivity index is 2.00. The van der Waals surface area contributed by atoms with Gasteiger partial charge in [0.05, 0.1) is 5.69 Å². The number of halogens is 2. The van der Waals surface area contributed by atoms with Gasteiger partial charge in [0.1, 0.15) is 11.6 Å². The summed E-state index contributed by atoms with van der Waals surface area (Å²) >= 11 is 0. The molecular weight excluding hydrogens is 232 g/mol. The van der Waals surface area contributed by atoms with Crippen LogP contribution in [-0.4, -0.2) is 6.04 Å². The maximum absolute atomic E-state index is 13.7. The van der Waals surface area contributed by atoms with Crippen LogP contribution >= 0.6 is 0 Å². The van der Waals surface area contributed by atoms with Crippen LogP contribution in [0.3, 0.4) is 0 Å². The van der Waals surface area contributed by atoms with Gasteiger partial charge < -0.3 is 5.32 Å². The van der Waals surface area contributed by atoms with Gasteiger partial charge in [-0.05, 0) is 50.2 Å². The Labute approximate surface area is 108 Å². The second-order valence-electron chi connectivity index (χ2n) is 5.35.